The van der Waals surface area contributed by atoms with Crippen LogP contribution in [0.4, 0.5) is 17.1 Å². The zero-order valence-electron chi connectivity index (χ0n) is 26.8. The van der Waals surface area contributed by atoms with E-state index in [-0.39, 0.29) is 5.41 Å². The molecule has 228 valence electrons. The van der Waals surface area contributed by atoms with Gasteiger partial charge >= 0.3 is 0 Å². The second-order valence-electron chi connectivity index (χ2n) is 13.4. The van der Waals surface area contributed by atoms with Crippen molar-refractivity contribution in [3.05, 3.63) is 169 Å². The number of para-hydroxylation sites is 4. The second-order valence-corrected chi connectivity index (χ2v) is 13.4. The second kappa shape index (κ2) is 9.97. The van der Waals surface area contributed by atoms with E-state index in [4.69, 9.17) is 4.42 Å². The van der Waals surface area contributed by atoms with E-state index in [2.05, 4.69) is 169 Å². The van der Waals surface area contributed by atoms with Gasteiger partial charge in [-0.25, -0.2) is 0 Å². The molecule has 48 heavy (non-hydrogen) atoms. The molecule has 0 saturated carbocycles. The van der Waals surface area contributed by atoms with Crippen LogP contribution in [0.5, 0.6) is 0 Å². The molecule has 2 aromatic heterocycles. The monoisotopic (exact) mass is 616 g/mol. The van der Waals surface area contributed by atoms with Crippen LogP contribution in [0, 0.1) is 0 Å². The van der Waals surface area contributed by atoms with Gasteiger partial charge < -0.3 is 13.9 Å². The molecule has 0 spiro atoms. The van der Waals surface area contributed by atoms with Crippen LogP contribution >= 0.6 is 0 Å². The van der Waals surface area contributed by atoms with Crippen molar-refractivity contribution < 1.29 is 4.42 Å². The van der Waals surface area contributed by atoms with E-state index in [1.165, 1.54) is 44.1 Å². The fourth-order valence-electron chi connectivity index (χ4n) is 8.21. The lowest BCUT2D eigenvalue weighted by atomic mass is 9.81. The Morgan fingerprint density at radius 3 is 1.94 bits per heavy atom. The number of benzene rings is 7. The highest BCUT2D eigenvalue weighted by Gasteiger charge is 2.39. The molecule has 0 aliphatic heterocycles. The van der Waals surface area contributed by atoms with E-state index in [9.17, 15) is 0 Å². The number of anilines is 3. The Balaban J connectivity index is 1.24. The third kappa shape index (κ3) is 3.76. The van der Waals surface area contributed by atoms with Crippen molar-refractivity contribution in [1.29, 1.82) is 0 Å². The molecule has 0 saturated heterocycles. The molecule has 7 aromatic carbocycles. The fourth-order valence-corrected chi connectivity index (χ4v) is 8.21. The summed E-state index contributed by atoms with van der Waals surface area (Å²) in [5.41, 5.74) is 14.0. The normalized spacial score (nSPS) is 13.4. The molecule has 9 aromatic rings. The van der Waals surface area contributed by atoms with Gasteiger partial charge in [0.25, 0.3) is 0 Å². The number of fused-ring (bicyclic) bond motifs is 10. The van der Waals surface area contributed by atoms with Crippen molar-refractivity contribution >= 4 is 60.8 Å². The number of nitrogens with zero attached hydrogens (tertiary/aromatic N) is 2. The third-order valence-corrected chi connectivity index (χ3v) is 10.3. The number of furan rings is 1. The van der Waals surface area contributed by atoms with E-state index in [0.717, 1.165) is 44.7 Å². The molecule has 0 radical (unpaired) electrons. The van der Waals surface area contributed by atoms with Crippen LogP contribution < -0.4 is 4.90 Å². The minimum atomic E-state index is -0.217. The maximum absolute atomic E-state index is 6.23. The molecular formula is C45H32N2O. The van der Waals surface area contributed by atoms with Gasteiger partial charge in [-0.1, -0.05) is 105 Å². The minimum absolute atomic E-state index is 0.217. The van der Waals surface area contributed by atoms with Gasteiger partial charge in [-0.15, -0.1) is 0 Å². The first-order chi connectivity index (χ1) is 23.6. The summed E-state index contributed by atoms with van der Waals surface area (Å²) in [6.07, 6.45) is 0. The number of rotatable bonds is 4. The molecule has 3 heteroatoms. The number of hydrogen-bond acceptors (Lipinski definition) is 2. The average molecular weight is 617 g/mol. The Morgan fingerprint density at radius 2 is 1.17 bits per heavy atom. The lowest BCUT2D eigenvalue weighted by molar-refractivity contribution is 0.663. The fraction of sp³-hybridized carbons (Fsp3) is 0.0667. The van der Waals surface area contributed by atoms with Gasteiger partial charge in [0, 0.05) is 49.7 Å². The molecule has 0 N–H and O–H groups in total. The predicted molar refractivity (Wildman–Crippen MR) is 200 cm³/mol. The van der Waals surface area contributed by atoms with Gasteiger partial charge in [-0.05, 0) is 89.0 Å². The quantitative estimate of drug-likeness (QED) is 0.196. The molecule has 10 rings (SSSR count). The summed E-state index contributed by atoms with van der Waals surface area (Å²) in [6, 6.07) is 56.8. The van der Waals surface area contributed by atoms with Crippen LogP contribution in [0.3, 0.4) is 0 Å². The summed E-state index contributed by atoms with van der Waals surface area (Å²) in [7, 11) is 0. The number of aromatic nitrogens is 1. The Morgan fingerprint density at radius 1 is 0.500 bits per heavy atom. The van der Waals surface area contributed by atoms with Crippen LogP contribution in [-0.2, 0) is 5.41 Å². The SMILES string of the molecule is CC1(C)c2ccc(N(c3ccccc3)c3ccccc3)cc2-c2ccc3c4ccccc4n(-c4ccc5oc6ccccc6c5c4)c3c21. The maximum atomic E-state index is 6.23. The van der Waals surface area contributed by atoms with E-state index >= 15 is 0 Å². The van der Waals surface area contributed by atoms with Crippen molar-refractivity contribution in [2.75, 3.05) is 4.90 Å². The standard InChI is InChI=1S/C45H32N2O/c1-45(2)39-25-21-31(46(29-13-5-3-6-14-29)30-15-7-4-8-16-30)27-37(39)35-23-24-36-33-17-9-11-19-40(33)47(44(36)43(35)45)32-22-26-42-38(28-32)34-18-10-12-20-41(34)48-42/h3-28H,1-2H3. The lowest BCUT2D eigenvalue weighted by Gasteiger charge is -2.27. The van der Waals surface area contributed by atoms with Crippen molar-refractivity contribution in [3.63, 3.8) is 0 Å². The summed E-state index contributed by atoms with van der Waals surface area (Å²) in [5, 5.41) is 4.81. The van der Waals surface area contributed by atoms with Gasteiger partial charge in [0.05, 0.1) is 11.0 Å². The van der Waals surface area contributed by atoms with Crippen LogP contribution in [0.25, 0.3) is 60.6 Å². The molecule has 0 bridgehead atoms. The average Bonchev–Trinajstić information content (AvgIpc) is 3.74. The molecule has 0 atom stereocenters. The molecule has 0 fully saturated rings. The molecule has 2 heterocycles. The Hall–Kier alpha value is -6.06. The van der Waals surface area contributed by atoms with Gasteiger partial charge in [-0.3, -0.25) is 0 Å². The number of hydrogen-bond donors (Lipinski definition) is 0. The topological polar surface area (TPSA) is 21.3 Å². The zero-order chi connectivity index (χ0) is 32.0. The Kier molecular flexibility index (Phi) is 5.63. The summed E-state index contributed by atoms with van der Waals surface area (Å²) in [4.78, 5) is 2.35. The summed E-state index contributed by atoms with van der Waals surface area (Å²) >= 11 is 0. The van der Waals surface area contributed by atoms with Crippen LogP contribution in [0.2, 0.25) is 0 Å². The van der Waals surface area contributed by atoms with E-state index in [1.54, 1.807) is 0 Å². The highest BCUT2D eigenvalue weighted by Crippen LogP contribution is 2.54. The highest BCUT2D eigenvalue weighted by atomic mass is 16.3. The summed E-state index contributed by atoms with van der Waals surface area (Å²) in [6.45, 7) is 4.77. The molecule has 1 aliphatic rings. The van der Waals surface area contributed by atoms with Crippen LogP contribution in [-0.4, -0.2) is 4.57 Å². The van der Waals surface area contributed by atoms with Crippen LogP contribution in [0.1, 0.15) is 25.0 Å². The maximum Gasteiger partial charge on any atom is 0.135 e. The molecular weight excluding hydrogens is 585 g/mol. The van der Waals surface area contributed by atoms with Gasteiger partial charge in [0.1, 0.15) is 11.2 Å². The van der Waals surface area contributed by atoms with Crippen molar-refractivity contribution in [3.8, 4) is 16.8 Å². The van der Waals surface area contributed by atoms with E-state index < -0.39 is 0 Å². The summed E-state index contributed by atoms with van der Waals surface area (Å²) in [5.74, 6) is 0. The lowest BCUT2D eigenvalue weighted by Crippen LogP contribution is -2.17. The van der Waals surface area contributed by atoms with E-state index in [0.29, 0.717) is 0 Å². The van der Waals surface area contributed by atoms with Gasteiger partial charge in [-0.2, -0.15) is 0 Å². The molecule has 0 unspecified atom stereocenters. The smallest absolute Gasteiger partial charge is 0.135 e. The summed E-state index contributed by atoms with van der Waals surface area (Å²) < 4.78 is 8.72. The molecule has 3 nitrogen and oxygen atoms in total. The third-order valence-electron chi connectivity index (χ3n) is 10.3. The molecule has 1 aliphatic carbocycles. The van der Waals surface area contributed by atoms with Gasteiger partial charge in [0.2, 0.25) is 0 Å². The van der Waals surface area contributed by atoms with Crippen molar-refractivity contribution in [2.45, 2.75) is 19.3 Å². The zero-order valence-corrected chi connectivity index (χ0v) is 26.8. The molecule has 0 amide bonds. The van der Waals surface area contributed by atoms with Gasteiger partial charge in [0.15, 0.2) is 0 Å². The van der Waals surface area contributed by atoms with Crippen molar-refractivity contribution in [1.82, 2.24) is 4.57 Å². The minimum Gasteiger partial charge on any atom is -0.456 e. The first kappa shape index (κ1) is 27.1. The first-order valence-electron chi connectivity index (χ1n) is 16.6. The highest BCUT2D eigenvalue weighted by molar-refractivity contribution is 6.14. The van der Waals surface area contributed by atoms with Crippen LogP contribution in [0.15, 0.2) is 162 Å². The Labute approximate surface area is 278 Å². The first-order valence-corrected chi connectivity index (χ1v) is 16.6. The predicted octanol–water partition coefficient (Wildman–Crippen LogP) is 12.5. The largest absolute Gasteiger partial charge is 0.456 e. The van der Waals surface area contributed by atoms with E-state index in [1.807, 2.05) is 12.1 Å². The Bertz CT molecular complexity index is 2660. The van der Waals surface area contributed by atoms with Crippen molar-refractivity contribution in [2.24, 2.45) is 0 Å².